The Morgan fingerprint density at radius 1 is 1.35 bits per heavy atom. The standard InChI is InChI=1S/C15H13ClN2O2/c1-20-14-4-2-3-11(15(14)19)9-18-12-6-5-10(8-17)13(16)7-12/h2-7,18-19H,9H2,1H3. The van der Waals surface area contributed by atoms with E-state index in [-0.39, 0.29) is 5.75 Å². The zero-order chi connectivity index (χ0) is 14.5. The van der Waals surface area contributed by atoms with E-state index in [4.69, 9.17) is 21.6 Å². The second kappa shape index (κ2) is 6.18. The zero-order valence-corrected chi connectivity index (χ0v) is 11.6. The molecule has 0 amide bonds. The lowest BCUT2D eigenvalue weighted by molar-refractivity contribution is 0.371. The number of nitrogens with one attached hydrogen (secondary N) is 1. The third-order valence-electron chi connectivity index (χ3n) is 2.87. The van der Waals surface area contributed by atoms with E-state index in [1.807, 2.05) is 6.07 Å². The van der Waals surface area contributed by atoms with Crippen molar-refractivity contribution in [2.75, 3.05) is 12.4 Å². The largest absolute Gasteiger partial charge is 0.504 e. The highest BCUT2D eigenvalue weighted by Gasteiger charge is 2.07. The van der Waals surface area contributed by atoms with Gasteiger partial charge in [-0.1, -0.05) is 23.7 Å². The monoisotopic (exact) mass is 288 g/mol. The first-order chi connectivity index (χ1) is 9.65. The van der Waals surface area contributed by atoms with Gasteiger partial charge >= 0.3 is 0 Å². The fraction of sp³-hybridized carbons (Fsp3) is 0.133. The molecular formula is C15H13ClN2O2. The molecule has 0 heterocycles. The van der Waals surface area contributed by atoms with Crippen LogP contribution in [-0.4, -0.2) is 12.2 Å². The lowest BCUT2D eigenvalue weighted by Crippen LogP contribution is -2.00. The van der Waals surface area contributed by atoms with Crippen molar-refractivity contribution in [2.24, 2.45) is 0 Å². The van der Waals surface area contributed by atoms with Crippen molar-refractivity contribution in [1.82, 2.24) is 0 Å². The Balaban J connectivity index is 2.13. The van der Waals surface area contributed by atoms with Gasteiger partial charge in [-0.3, -0.25) is 0 Å². The summed E-state index contributed by atoms with van der Waals surface area (Å²) in [6.07, 6.45) is 0. The fourth-order valence-electron chi connectivity index (χ4n) is 1.79. The number of anilines is 1. The van der Waals surface area contributed by atoms with Gasteiger partial charge in [-0.05, 0) is 24.3 Å². The fourth-order valence-corrected chi connectivity index (χ4v) is 2.01. The first-order valence-corrected chi connectivity index (χ1v) is 6.32. The number of nitrogens with zero attached hydrogens (tertiary/aromatic N) is 1. The van der Waals surface area contributed by atoms with Gasteiger partial charge in [-0.2, -0.15) is 5.26 Å². The molecule has 0 unspecified atom stereocenters. The van der Waals surface area contributed by atoms with Gasteiger partial charge in [0.05, 0.1) is 17.7 Å². The Morgan fingerprint density at radius 2 is 2.15 bits per heavy atom. The molecule has 0 aromatic heterocycles. The van der Waals surface area contributed by atoms with E-state index in [0.29, 0.717) is 28.4 Å². The molecular weight excluding hydrogens is 276 g/mol. The number of para-hydroxylation sites is 1. The molecule has 102 valence electrons. The lowest BCUT2D eigenvalue weighted by Gasteiger charge is -2.11. The highest BCUT2D eigenvalue weighted by Crippen LogP contribution is 2.30. The van der Waals surface area contributed by atoms with Gasteiger partial charge in [0.15, 0.2) is 11.5 Å². The average Bonchev–Trinajstić information content (AvgIpc) is 2.46. The van der Waals surface area contributed by atoms with Gasteiger partial charge < -0.3 is 15.2 Å². The normalized spacial score (nSPS) is 9.85. The quantitative estimate of drug-likeness (QED) is 0.903. The van der Waals surface area contributed by atoms with Gasteiger partial charge in [0.2, 0.25) is 0 Å². The molecule has 0 atom stereocenters. The predicted molar refractivity (Wildman–Crippen MR) is 78.2 cm³/mol. The Labute approximate surface area is 122 Å². The number of benzene rings is 2. The summed E-state index contributed by atoms with van der Waals surface area (Å²) in [5, 5.41) is 22.3. The van der Waals surface area contributed by atoms with E-state index in [9.17, 15) is 5.11 Å². The molecule has 20 heavy (non-hydrogen) atoms. The van der Waals surface area contributed by atoms with Crippen molar-refractivity contribution in [3.05, 3.63) is 52.5 Å². The number of hydrogen-bond acceptors (Lipinski definition) is 4. The van der Waals surface area contributed by atoms with Crippen molar-refractivity contribution in [3.8, 4) is 17.6 Å². The summed E-state index contributed by atoms with van der Waals surface area (Å²) in [6.45, 7) is 0.422. The van der Waals surface area contributed by atoms with Crippen LogP contribution in [0.4, 0.5) is 5.69 Å². The molecule has 2 aromatic rings. The number of halogens is 1. The van der Waals surface area contributed by atoms with Crippen LogP contribution < -0.4 is 10.1 Å². The molecule has 0 radical (unpaired) electrons. The maximum Gasteiger partial charge on any atom is 0.162 e. The molecule has 4 nitrogen and oxygen atoms in total. The molecule has 2 N–H and O–H groups in total. The second-order valence-electron chi connectivity index (χ2n) is 4.13. The second-order valence-corrected chi connectivity index (χ2v) is 4.54. The molecule has 2 aromatic carbocycles. The number of nitriles is 1. The summed E-state index contributed by atoms with van der Waals surface area (Å²) in [6, 6.07) is 12.4. The summed E-state index contributed by atoms with van der Waals surface area (Å²) >= 11 is 5.96. The van der Waals surface area contributed by atoms with Crippen LogP contribution >= 0.6 is 11.6 Å². The molecule has 0 saturated heterocycles. The first kappa shape index (κ1) is 14.0. The maximum absolute atomic E-state index is 9.97. The van der Waals surface area contributed by atoms with Gasteiger partial charge in [0.25, 0.3) is 0 Å². The highest BCUT2D eigenvalue weighted by atomic mass is 35.5. The van der Waals surface area contributed by atoms with Gasteiger partial charge in [0, 0.05) is 17.8 Å². The van der Waals surface area contributed by atoms with E-state index in [2.05, 4.69) is 5.32 Å². The zero-order valence-electron chi connectivity index (χ0n) is 10.9. The minimum atomic E-state index is 0.113. The SMILES string of the molecule is COc1cccc(CNc2ccc(C#N)c(Cl)c2)c1O. The van der Waals surface area contributed by atoms with Crippen LogP contribution in [0.15, 0.2) is 36.4 Å². The number of hydrogen-bond donors (Lipinski definition) is 2. The Kier molecular flexibility index (Phi) is 4.34. The summed E-state index contributed by atoms with van der Waals surface area (Å²) in [5.74, 6) is 0.546. The van der Waals surface area contributed by atoms with Crippen LogP contribution in [-0.2, 0) is 6.54 Å². The maximum atomic E-state index is 9.97. The molecule has 0 aliphatic heterocycles. The Morgan fingerprint density at radius 3 is 2.80 bits per heavy atom. The van der Waals surface area contributed by atoms with Crippen molar-refractivity contribution in [3.63, 3.8) is 0 Å². The van der Waals surface area contributed by atoms with Crippen LogP contribution in [0.25, 0.3) is 0 Å². The molecule has 0 spiro atoms. The smallest absolute Gasteiger partial charge is 0.162 e. The molecule has 0 bridgehead atoms. The van der Waals surface area contributed by atoms with E-state index < -0.39 is 0 Å². The number of methoxy groups -OCH3 is 1. The predicted octanol–water partition coefficient (Wildman–Crippen LogP) is 3.54. The van der Waals surface area contributed by atoms with Crippen LogP contribution in [0.3, 0.4) is 0 Å². The summed E-state index contributed by atoms with van der Waals surface area (Å²) in [7, 11) is 1.51. The Bertz CT molecular complexity index is 665. The highest BCUT2D eigenvalue weighted by molar-refractivity contribution is 6.32. The van der Waals surface area contributed by atoms with E-state index >= 15 is 0 Å². The molecule has 5 heteroatoms. The topological polar surface area (TPSA) is 65.3 Å². The van der Waals surface area contributed by atoms with Gasteiger partial charge in [0.1, 0.15) is 6.07 Å². The number of ether oxygens (including phenoxy) is 1. The third-order valence-corrected chi connectivity index (χ3v) is 3.19. The van der Waals surface area contributed by atoms with Crippen molar-refractivity contribution >= 4 is 17.3 Å². The number of rotatable bonds is 4. The van der Waals surface area contributed by atoms with Crippen molar-refractivity contribution < 1.29 is 9.84 Å². The number of phenolic OH excluding ortho intramolecular Hbond substituents is 1. The first-order valence-electron chi connectivity index (χ1n) is 5.94. The Hall–Kier alpha value is -2.38. The number of phenols is 1. The summed E-state index contributed by atoms with van der Waals surface area (Å²) < 4.78 is 5.05. The van der Waals surface area contributed by atoms with E-state index in [1.165, 1.54) is 7.11 Å². The van der Waals surface area contributed by atoms with Crippen LogP contribution in [0.1, 0.15) is 11.1 Å². The molecule has 0 saturated carbocycles. The van der Waals surface area contributed by atoms with Crippen molar-refractivity contribution in [2.45, 2.75) is 6.54 Å². The van der Waals surface area contributed by atoms with Crippen molar-refractivity contribution in [1.29, 1.82) is 5.26 Å². The average molecular weight is 289 g/mol. The third kappa shape index (κ3) is 2.95. The summed E-state index contributed by atoms with van der Waals surface area (Å²) in [5.41, 5.74) is 1.92. The lowest BCUT2D eigenvalue weighted by atomic mass is 10.1. The van der Waals surface area contributed by atoms with Gasteiger partial charge in [-0.25, -0.2) is 0 Å². The molecule has 0 aliphatic rings. The van der Waals surface area contributed by atoms with E-state index in [0.717, 1.165) is 5.69 Å². The summed E-state index contributed by atoms with van der Waals surface area (Å²) in [4.78, 5) is 0. The van der Waals surface area contributed by atoms with Gasteiger partial charge in [-0.15, -0.1) is 0 Å². The molecule has 0 fully saturated rings. The van der Waals surface area contributed by atoms with E-state index in [1.54, 1.807) is 36.4 Å². The molecule has 2 rings (SSSR count). The minimum Gasteiger partial charge on any atom is -0.504 e. The number of aromatic hydroxyl groups is 1. The van der Waals surface area contributed by atoms with Crippen LogP contribution in [0.5, 0.6) is 11.5 Å². The van der Waals surface area contributed by atoms with Crippen LogP contribution in [0.2, 0.25) is 5.02 Å². The minimum absolute atomic E-state index is 0.113. The van der Waals surface area contributed by atoms with Crippen LogP contribution in [0, 0.1) is 11.3 Å². The molecule has 0 aliphatic carbocycles.